The summed E-state index contributed by atoms with van der Waals surface area (Å²) in [5.41, 5.74) is 0. The van der Waals surface area contributed by atoms with Crippen molar-refractivity contribution in [1.29, 1.82) is 0 Å². The Morgan fingerprint density at radius 2 is 2.58 bits per heavy atom. The van der Waals surface area contributed by atoms with Crippen LogP contribution in [0.4, 0.5) is 0 Å². The lowest BCUT2D eigenvalue weighted by molar-refractivity contribution is 0.0347. The van der Waals surface area contributed by atoms with E-state index in [4.69, 9.17) is 20.8 Å². The minimum Gasteiger partial charge on any atom is -0.457 e. The first kappa shape index (κ1) is 9.13. The number of carbonyl (C=O) groups excluding carboxylic acids is 1. The molecule has 1 heterocycles. The summed E-state index contributed by atoms with van der Waals surface area (Å²) in [7, 11) is 0. The normalized spacial score (nSPS) is 12.5. The van der Waals surface area contributed by atoms with E-state index in [9.17, 15) is 4.79 Å². The van der Waals surface area contributed by atoms with Crippen LogP contribution < -0.4 is 0 Å². The van der Waals surface area contributed by atoms with Gasteiger partial charge < -0.3 is 9.15 Å². The Morgan fingerprint density at radius 1 is 1.83 bits per heavy atom. The average Bonchev–Trinajstić information content (AvgIpc) is 2.56. The second-order valence-electron chi connectivity index (χ2n) is 2.35. The van der Waals surface area contributed by atoms with Crippen LogP contribution in [0, 0.1) is 0 Å². The third-order valence-electron chi connectivity index (χ3n) is 1.25. The van der Waals surface area contributed by atoms with Gasteiger partial charge in [-0.05, 0) is 19.1 Å². The third-order valence-corrected chi connectivity index (χ3v) is 1.68. The molecule has 1 aromatic rings. The lowest BCUT2D eigenvalue weighted by Gasteiger charge is -2.07. The maximum Gasteiger partial charge on any atom is 0.374 e. The molecule has 0 fully saturated rings. The molecule has 1 rings (SSSR count). The molecule has 66 valence electrons. The number of halogens is 1. The maximum absolute atomic E-state index is 11.1. The molecule has 1 aromatic heterocycles. The van der Waals surface area contributed by atoms with E-state index in [0.717, 1.165) is 0 Å². The Hall–Kier alpha value is -0.960. The highest BCUT2D eigenvalue weighted by molar-refractivity contribution is 6.18. The molecule has 3 nitrogen and oxygen atoms in total. The van der Waals surface area contributed by atoms with Gasteiger partial charge in [0.25, 0.3) is 0 Å². The fraction of sp³-hybridized carbons (Fsp3) is 0.375. The van der Waals surface area contributed by atoms with Crippen molar-refractivity contribution in [3.8, 4) is 0 Å². The van der Waals surface area contributed by atoms with Crippen LogP contribution in [0.3, 0.4) is 0 Å². The molecule has 0 radical (unpaired) electrons. The first-order chi connectivity index (χ1) is 5.74. The van der Waals surface area contributed by atoms with E-state index in [1.54, 1.807) is 19.1 Å². The summed E-state index contributed by atoms with van der Waals surface area (Å²) in [5, 5.41) is 0. The standard InChI is InChI=1S/C8H9ClO3/c1-6(5-9)12-8(10)7-3-2-4-11-7/h2-4,6H,5H2,1H3. The molecule has 1 unspecified atom stereocenters. The predicted molar refractivity (Wildman–Crippen MR) is 44.3 cm³/mol. The van der Waals surface area contributed by atoms with E-state index in [1.807, 2.05) is 0 Å². The molecule has 0 saturated carbocycles. The van der Waals surface area contributed by atoms with Crippen molar-refractivity contribution >= 4 is 17.6 Å². The summed E-state index contributed by atoms with van der Waals surface area (Å²) in [6, 6.07) is 3.17. The zero-order valence-corrected chi connectivity index (χ0v) is 7.38. The predicted octanol–water partition coefficient (Wildman–Crippen LogP) is 2.06. The van der Waals surface area contributed by atoms with Crippen molar-refractivity contribution in [3.05, 3.63) is 24.2 Å². The van der Waals surface area contributed by atoms with Gasteiger partial charge in [0.05, 0.1) is 12.1 Å². The molecule has 0 aliphatic heterocycles. The summed E-state index contributed by atoms with van der Waals surface area (Å²) in [5.74, 6) is 0.00651. The van der Waals surface area contributed by atoms with E-state index in [1.165, 1.54) is 6.26 Å². The van der Waals surface area contributed by atoms with E-state index < -0.39 is 5.97 Å². The van der Waals surface area contributed by atoms with Gasteiger partial charge in [-0.3, -0.25) is 0 Å². The molecule has 0 saturated heterocycles. The Balaban J connectivity index is 2.50. The second-order valence-corrected chi connectivity index (χ2v) is 2.66. The lowest BCUT2D eigenvalue weighted by atomic mass is 10.4. The van der Waals surface area contributed by atoms with Crippen LogP contribution >= 0.6 is 11.6 Å². The molecule has 0 aromatic carbocycles. The van der Waals surface area contributed by atoms with Crippen molar-refractivity contribution in [2.75, 3.05) is 5.88 Å². The van der Waals surface area contributed by atoms with Crippen LogP contribution in [-0.4, -0.2) is 18.0 Å². The molecular weight excluding hydrogens is 180 g/mol. The van der Waals surface area contributed by atoms with Crippen molar-refractivity contribution in [1.82, 2.24) is 0 Å². The largest absolute Gasteiger partial charge is 0.457 e. The number of carbonyl (C=O) groups is 1. The molecule has 0 N–H and O–H groups in total. The van der Waals surface area contributed by atoms with Gasteiger partial charge in [-0.2, -0.15) is 0 Å². The fourth-order valence-corrected chi connectivity index (χ4v) is 0.730. The second kappa shape index (κ2) is 4.16. The molecule has 0 bridgehead atoms. The van der Waals surface area contributed by atoms with Gasteiger partial charge in [-0.25, -0.2) is 4.79 Å². The number of hydrogen-bond donors (Lipinski definition) is 0. The summed E-state index contributed by atoms with van der Waals surface area (Å²) in [6.07, 6.45) is 1.13. The van der Waals surface area contributed by atoms with Gasteiger partial charge in [0.15, 0.2) is 0 Å². The Labute approximate surface area is 75.3 Å². The van der Waals surface area contributed by atoms with Gasteiger partial charge in [-0.15, -0.1) is 11.6 Å². The number of furan rings is 1. The number of alkyl halides is 1. The van der Waals surface area contributed by atoms with Crippen LogP contribution in [0.15, 0.2) is 22.8 Å². The van der Waals surface area contributed by atoms with Crippen LogP contribution in [0.1, 0.15) is 17.5 Å². The van der Waals surface area contributed by atoms with Gasteiger partial charge in [-0.1, -0.05) is 0 Å². The van der Waals surface area contributed by atoms with E-state index in [-0.39, 0.29) is 17.7 Å². The average molecular weight is 189 g/mol. The highest BCUT2D eigenvalue weighted by Gasteiger charge is 2.12. The van der Waals surface area contributed by atoms with Crippen molar-refractivity contribution in [2.24, 2.45) is 0 Å². The summed E-state index contributed by atoms with van der Waals surface area (Å²) >= 11 is 5.45. The molecule has 0 aliphatic rings. The number of esters is 1. The Bertz CT molecular complexity index is 243. The smallest absolute Gasteiger partial charge is 0.374 e. The SMILES string of the molecule is CC(CCl)OC(=O)c1ccco1. The van der Waals surface area contributed by atoms with Crippen molar-refractivity contribution in [2.45, 2.75) is 13.0 Å². The minimum absolute atomic E-state index is 0.201. The van der Waals surface area contributed by atoms with Crippen molar-refractivity contribution in [3.63, 3.8) is 0 Å². The quantitative estimate of drug-likeness (QED) is 0.539. The number of hydrogen-bond acceptors (Lipinski definition) is 3. The van der Waals surface area contributed by atoms with Gasteiger partial charge in [0, 0.05) is 0 Å². The number of rotatable bonds is 3. The Kier molecular flexibility index (Phi) is 3.17. The highest BCUT2D eigenvalue weighted by atomic mass is 35.5. The third kappa shape index (κ3) is 2.27. The van der Waals surface area contributed by atoms with Gasteiger partial charge in [0.1, 0.15) is 6.10 Å². The first-order valence-corrected chi connectivity index (χ1v) is 4.08. The molecule has 0 amide bonds. The first-order valence-electron chi connectivity index (χ1n) is 3.54. The zero-order valence-electron chi connectivity index (χ0n) is 6.62. The zero-order chi connectivity index (χ0) is 8.97. The van der Waals surface area contributed by atoms with Crippen LogP contribution in [-0.2, 0) is 4.74 Å². The van der Waals surface area contributed by atoms with Crippen LogP contribution in [0.2, 0.25) is 0 Å². The monoisotopic (exact) mass is 188 g/mol. The fourth-order valence-electron chi connectivity index (χ4n) is 0.667. The molecule has 4 heteroatoms. The summed E-state index contributed by atoms with van der Waals surface area (Å²) in [6.45, 7) is 1.72. The van der Waals surface area contributed by atoms with Crippen LogP contribution in [0.25, 0.3) is 0 Å². The van der Waals surface area contributed by atoms with E-state index >= 15 is 0 Å². The van der Waals surface area contributed by atoms with Gasteiger partial charge >= 0.3 is 5.97 Å². The van der Waals surface area contributed by atoms with E-state index in [2.05, 4.69) is 0 Å². The lowest BCUT2D eigenvalue weighted by Crippen LogP contribution is -2.15. The molecular formula is C8H9ClO3. The highest BCUT2D eigenvalue weighted by Crippen LogP contribution is 2.05. The topological polar surface area (TPSA) is 39.4 Å². The minimum atomic E-state index is -0.479. The molecule has 0 aliphatic carbocycles. The van der Waals surface area contributed by atoms with Crippen LogP contribution in [0.5, 0.6) is 0 Å². The van der Waals surface area contributed by atoms with Gasteiger partial charge in [0.2, 0.25) is 5.76 Å². The molecule has 0 spiro atoms. The molecule has 12 heavy (non-hydrogen) atoms. The summed E-state index contributed by atoms with van der Waals surface area (Å²) < 4.78 is 9.70. The van der Waals surface area contributed by atoms with Crippen molar-refractivity contribution < 1.29 is 13.9 Å². The Morgan fingerprint density at radius 3 is 3.08 bits per heavy atom. The maximum atomic E-state index is 11.1. The molecule has 1 atom stereocenters. The number of ether oxygens (including phenoxy) is 1. The summed E-state index contributed by atoms with van der Waals surface area (Å²) in [4.78, 5) is 11.1. The van der Waals surface area contributed by atoms with E-state index in [0.29, 0.717) is 0 Å².